The van der Waals surface area contributed by atoms with E-state index in [1.165, 1.54) is 18.7 Å². The lowest BCUT2D eigenvalue weighted by Gasteiger charge is -1.82. The van der Waals surface area contributed by atoms with Crippen LogP contribution in [-0.2, 0) is 0 Å². The van der Waals surface area contributed by atoms with Crippen molar-refractivity contribution in [1.29, 1.82) is 0 Å². The lowest BCUT2D eigenvalue weighted by molar-refractivity contribution is 0.321. The SMILES string of the molecule is O/N=C/c1cnncn1. The van der Waals surface area contributed by atoms with Gasteiger partial charge < -0.3 is 5.21 Å². The van der Waals surface area contributed by atoms with E-state index in [1.54, 1.807) is 0 Å². The average Bonchev–Trinajstić information content (AvgIpc) is 1.91. The summed E-state index contributed by atoms with van der Waals surface area (Å²) in [5.41, 5.74) is 0.479. The Kier molecular flexibility index (Phi) is 1.69. The molecular weight excluding hydrogens is 120 g/mol. The van der Waals surface area contributed by atoms with Gasteiger partial charge in [-0.1, -0.05) is 5.16 Å². The molecule has 0 amide bonds. The zero-order valence-electron chi connectivity index (χ0n) is 4.47. The van der Waals surface area contributed by atoms with E-state index < -0.39 is 0 Å². The highest BCUT2D eigenvalue weighted by molar-refractivity contribution is 5.75. The summed E-state index contributed by atoms with van der Waals surface area (Å²) in [6, 6.07) is 0. The van der Waals surface area contributed by atoms with Crippen LogP contribution in [0.15, 0.2) is 17.7 Å². The molecule has 46 valence electrons. The van der Waals surface area contributed by atoms with Gasteiger partial charge in [0.1, 0.15) is 12.0 Å². The fraction of sp³-hybridized carbons (Fsp3) is 0. The highest BCUT2D eigenvalue weighted by Crippen LogP contribution is 1.79. The smallest absolute Gasteiger partial charge is 0.138 e. The average molecular weight is 124 g/mol. The summed E-state index contributed by atoms with van der Waals surface area (Å²) >= 11 is 0. The van der Waals surface area contributed by atoms with Gasteiger partial charge in [0.2, 0.25) is 0 Å². The quantitative estimate of drug-likeness (QED) is 0.316. The minimum Gasteiger partial charge on any atom is -0.411 e. The monoisotopic (exact) mass is 124 g/mol. The molecule has 0 saturated carbocycles. The van der Waals surface area contributed by atoms with Gasteiger partial charge in [-0.15, -0.1) is 5.10 Å². The summed E-state index contributed by atoms with van der Waals surface area (Å²) < 4.78 is 0. The Morgan fingerprint density at radius 2 is 2.44 bits per heavy atom. The summed E-state index contributed by atoms with van der Waals surface area (Å²) in [7, 11) is 0. The third kappa shape index (κ3) is 1.45. The molecule has 0 bridgehead atoms. The van der Waals surface area contributed by atoms with Crippen LogP contribution in [0.4, 0.5) is 0 Å². The Hall–Kier alpha value is -1.52. The second-order valence-electron chi connectivity index (χ2n) is 1.27. The maximum Gasteiger partial charge on any atom is 0.138 e. The van der Waals surface area contributed by atoms with Crippen molar-refractivity contribution in [3.05, 3.63) is 18.2 Å². The molecule has 0 saturated heterocycles. The van der Waals surface area contributed by atoms with Crippen LogP contribution in [0, 0.1) is 0 Å². The molecule has 5 heteroatoms. The number of oxime groups is 1. The molecule has 0 aromatic carbocycles. The van der Waals surface area contributed by atoms with E-state index in [9.17, 15) is 0 Å². The Labute approximate surface area is 51.1 Å². The summed E-state index contributed by atoms with van der Waals surface area (Å²) in [5.74, 6) is 0. The van der Waals surface area contributed by atoms with E-state index in [1.807, 2.05) is 0 Å². The molecule has 5 nitrogen and oxygen atoms in total. The van der Waals surface area contributed by atoms with Crippen LogP contribution in [0.5, 0.6) is 0 Å². The molecule has 0 radical (unpaired) electrons. The van der Waals surface area contributed by atoms with E-state index >= 15 is 0 Å². The normalized spacial score (nSPS) is 10.2. The topological polar surface area (TPSA) is 71.3 Å². The van der Waals surface area contributed by atoms with Crippen LogP contribution in [0.1, 0.15) is 5.69 Å². The van der Waals surface area contributed by atoms with Crippen molar-refractivity contribution in [1.82, 2.24) is 15.2 Å². The molecule has 1 rings (SSSR count). The molecule has 0 spiro atoms. The lowest BCUT2D eigenvalue weighted by atomic mass is 10.5. The highest BCUT2D eigenvalue weighted by atomic mass is 16.4. The number of hydrogen-bond donors (Lipinski definition) is 1. The highest BCUT2D eigenvalue weighted by Gasteiger charge is 1.84. The summed E-state index contributed by atoms with van der Waals surface area (Å²) in [6.07, 6.45) is 3.84. The van der Waals surface area contributed by atoms with Gasteiger partial charge in [-0.3, -0.25) is 0 Å². The predicted octanol–water partition coefficient (Wildman–Crippen LogP) is -0.320. The minimum atomic E-state index is 0.479. The zero-order chi connectivity index (χ0) is 6.53. The fourth-order valence-corrected chi connectivity index (χ4v) is 0.374. The molecule has 0 aliphatic heterocycles. The second-order valence-corrected chi connectivity index (χ2v) is 1.27. The van der Waals surface area contributed by atoms with Crippen molar-refractivity contribution in [3.63, 3.8) is 0 Å². The lowest BCUT2D eigenvalue weighted by Crippen LogP contribution is -1.89. The molecule has 0 unspecified atom stereocenters. The largest absolute Gasteiger partial charge is 0.411 e. The number of rotatable bonds is 1. The van der Waals surface area contributed by atoms with Crippen molar-refractivity contribution in [2.24, 2.45) is 5.16 Å². The van der Waals surface area contributed by atoms with Crippen LogP contribution in [-0.4, -0.2) is 26.6 Å². The predicted molar refractivity (Wildman–Crippen MR) is 29.2 cm³/mol. The number of nitrogens with zero attached hydrogens (tertiary/aromatic N) is 4. The van der Waals surface area contributed by atoms with E-state index in [4.69, 9.17) is 5.21 Å². The summed E-state index contributed by atoms with van der Waals surface area (Å²) in [4.78, 5) is 3.69. The molecule has 1 aromatic heterocycles. The molecule has 1 N–H and O–H groups in total. The van der Waals surface area contributed by atoms with Gasteiger partial charge in [0, 0.05) is 0 Å². The maximum atomic E-state index is 8.00. The van der Waals surface area contributed by atoms with Gasteiger partial charge in [-0.25, -0.2) is 4.98 Å². The molecule has 0 aliphatic carbocycles. The van der Waals surface area contributed by atoms with Crippen molar-refractivity contribution in [3.8, 4) is 0 Å². The maximum absolute atomic E-state index is 8.00. The summed E-state index contributed by atoms with van der Waals surface area (Å²) in [5, 5.41) is 17.7. The molecule has 0 atom stereocenters. The van der Waals surface area contributed by atoms with E-state index in [-0.39, 0.29) is 0 Å². The third-order valence-corrected chi connectivity index (χ3v) is 0.705. The van der Waals surface area contributed by atoms with Gasteiger partial charge in [0.15, 0.2) is 0 Å². The molecule has 0 fully saturated rings. The second kappa shape index (κ2) is 2.71. The van der Waals surface area contributed by atoms with Crippen LogP contribution in [0.25, 0.3) is 0 Å². The molecule has 0 aliphatic rings. The van der Waals surface area contributed by atoms with Crippen LogP contribution in [0.3, 0.4) is 0 Å². The molecule has 1 heterocycles. The van der Waals surface area contributed by atoms with Crippen molar-refractivity contribution >= 4 is 6.21 Å². The number of aromatic nitrogens is 3. The third-order valence-electron chi connectivity index (χ3n) is 0.705. The van der Waals surface area contributed by atoms with Gasteiger partial charge >= 0.3 is 0 Å². The Bertz CT molecular complexity index is 197. The zero-order valence-corrected chi connectivity index (χ0v) is 4.47. The fourth-order valence-electron chi connectivity index (χ4n) is 0.374. The van der Waals surface area contributed by atoms with Crippen LogP contribution in [0.2, 0.25) is 0 Å². The first-order valence-electron chi connectivity index (χ1n) is 2.23. The summed E-state index contributed by atoms with van der Waals surface area (Å²) in [6.45, 7) is 0. The molecular formula is C4H4N4O. The van der Waals surface area contributed by atoms with E-state index in [0.717, 1.165) is 0 Å². The van der Waals surface area contributed by atoms with E-state index in [0.29, 0.717) is 5.69 Å². The van der Waals surface area contributed by atoms with Crippen LogP contribution < -0.4 is 0 Å². The molecule has 9 heavy (non-hydrogen) atoms. The van der Waals surface area contributed by atoms with Gasteiger partial charge in [0.05, 0.1) is 12.4 Å². The Morgan fingerprint density at radius 3 is 3.00 bits per heavy atom. The van der Waals surface area contributed by atoms with Crippen molar-refractivity contribution in [2.75, 3.05) is 0 Å². The van der Waals surface area contributed by atoms with Crippen LogP contribution >= 0.6 is 0 Å². The van der Waals surface area contributed by atoms with Crippen molar-refractivity contribution in [2.45, 2.75) is 0 Å². The first-order valence-corrected chi connectivity index (χ1v) is 2.23. The van der Waals surface area contributed by atoms with Crippen molar-refractivity contribution < 1.29 is 5.21 Å². The first-order chi connectivity index (χ1) is 4.43. The first kappa shape index (κ1) is 5.61. The van der Waals surface area contributed by atoms with Gasteiger partial charge in [-0.2, -0.15) is 5.10 Å². The Morgan fingerprint density at radius 1 is 1.56 bits per heavy atom. The van der Waals surface area contributed by atoms with E-state index in [2.05, 4.69) is 20.3 Å². The number of hydrogen-bond acceptors (Lipinski definition) is 5. The van der Waals surface area contributed by atoms with Gasteiger partial charge in [-0.05, 0) is 0 Å². The standard InChI is InChI=1S/C4H4N4O/c9-8-2-4-1-6-7-3-5-4/h1-3,9H/b8-2+. The van der Waals surface area contributed by atoms with Gasteiger partial charge in [0.25, 0.3) is 0 Å². The Balaban J connectivity index is 2.85. The molecule has 1 aromatic rings. The minimum absolute atomic E-state index is 0.479.